The number of benzene rings is 2. The van der Waals surface area contributed by atoms with E-state index in [-0.39, 0.29) is 18.2 Å². The Morgan fingerprint density at radius 1 is 1.02 bits per heavy atom. The van der Waals surface area contributed by atoms with E-state index in [0.717, 1.165) is 42.2 Å². The highest BCUT2D eigenvalue weighted by Gasteiger charge is 2.26. The van der Waals surface area contributed by atoms with Crippen LogP contribution in [0.5, 0.6) is 5.75 Å². The molecule has 1 fully saturated rings. The molecule has 1 aliphatic rings. The highest BCUT2D eigenvalue weighted by atomic mass is 35.5. The van der Waals surface area contributed by atoms with E-state index in [4.69, 9.17) is 26.3 Å². The predicted molar refractivity (Wildman–Crippen MR) is 205 cm³/mol. The maximum absolute atomic E-state index is 12.2. The van der Waals surface area contributed by atoms with Crippen molar-refractivity contribution in [3.05, 3.63) is 75.8 Å². The lowest BCUT2D eigenvalue weighted by Crippen LogP contribution is -2.42. The van der Waals surface area contributed by atoms with Gasteiger partial charge in [-0.1, -0.05) is 61.5 Å². The molecule has 2 aromatic heterocycles. The molecule has 4 aromatic rings. The summed E-state index contributed by atoms with van der Waals surface area (Å²) in [5.41, 5.74) is 3.84. The summed E-state index contributed by atoms with van der Waals surface area (Å²) in [5, 5.41) is 40.0. The number of nitriles is 2. The molecule has 1 atom stereocenters. The molecular formula is C38H40ClN7O4S2. The van der Waals surface area contributed by atoms with E-state index in [1.54, 1.807) is 11.3 Å². The molecule has 0 saturated carbocycles. The first kappa shape index (κ1) is 38.6. The number of ether oxygens (including phenoxy) is 1. The highest BCUT2D eigenvalue weighted by molar-refractivity contribution is 7.98. The molecule has 1 saturated heterocycles. The second-order valence-electron chi connectivity index (χ2n) is 12.7. The maximum Gasteiger partial charge on any atom is 0.326 e. The summed E-state index contributed by atoms with van der Waals surface area (Å²) in [5.74, 6) is 0.508. The van der Waals surface area contributed by atoms with Gasteiger partial charge in [0.2, 0.25) is 5.91 Å². The van der Waals surface area contributed by atoms with E-state index in [0.29, 0.717) is 75.7 Å². The monoisotopic (exact) mass is 757 g/mol. The van der Waals surface area contributed by atoms with Crippen LogP contribution in [0.4, 0.5) is 5.82 Å². The Morgan fingerprint density at radius 2 is 1.71 bits per heavy atom. The number of nitrogens with one attached hydrogen (secondary N) is 2. The van der Waals surface area contributed by atoms with Gasteiger partial charge in [0.05, 0.1) is 11.3 Å². The summed E-state index contributed by atoms with van der Waals surface area (Å²) in [6.07, 6.45) is 2.54. The van der Waals surface area contributed by atoms with Gasteiger partial charge in [0, 0.05) is 59.9 Å². The van der Waals surface area contributed by atoms with Crippen molar-refractivity contribution in [2.75, 3.05) is 37.7 Å². The van der Waals surface area contributed by atoms with Gasteiger partial charge in [-0.2, -0.15) is 10.5 Å². The standard InChI is InChI=1S/C38H40ClN7O4S2/c1-24(2)19-32(38(48)49)44-33(47)13-14-42-15-18-50-29-11-7-25(8-12-29)34-30(20-40)35(46-16-3-4-17-46)45-37(31(34)21-41)52-23-28-22-51-36(43-28)26-5-9-27(39)10-6-26/h5-12,22,24,32,42H,3-4,13-19,23H2,1-2H3,(H,44,47)(H,48,49)/t32-/m0/s1. The summed E-state index contributed by atoms with van der Waals surface area (Å²) in [4.78, 5) is 35.5. The zero-order chi connectivity index (χ0) is 37.0. The molecular weight excluding hydrogens is 718 g/mol. The van der Waals surface area contributed by atoms with Crippen LogP contribution in [0.15, 0.2) is 58.9 Å². The minimum absolute atomic E-state index is 0.150. The molecule has 1 amide bonds. The Balaban J connectivity index is 1.25. The zero-order valence-electron chi connectivity index (χ0n) is 29.0. The zero-order valence-corrected chi connectivity index (χ0v) is 31.4. The lowest BCUT2D eigenvalue weighted by molar-refractivity contribution is -0.142. The predicted octanol–water partition coefficient (Wildman–Crippen LogP) is 7.14. The number of thioether (sulfide) groups is 1. The van der Waals surface area contributed by atoms with E-state index < -0.39 is 12.0 Å². The molecule has 11 nitrogen and oxygen atoms in total. The van der Waals surface area contributed by atoms with Crippen LogP contribution in [0.1, 0.15) is 56.4 Å². The van der Waals surface area contributed by atoms with Gasteiger partial charge in [0.1, 0.15) is 52.0 Å². The third-order valence-corrected chi connectivity index (χ3v) is 10.5. The Labute approximate surface area is 317 Å². The first-order valence-electron chi connectivity index (χ1n) is 17.1. The molecule has 3 N–H and O–H groups in total. The van der Waals surface area contributed by atoms with Crippen molar-refractivity contribution in [3.63, 3.8) is 0 Å². The van der Waals surface area contributed by atoms with Crippen LogP contribution in [0.2, 0.25) is 5.02 Å². The van der Waals surface area contributed by atoms with Crippen LogP contribution in [-0.4, -0.2) is 65.8 Å². The summed E-state index contributed by atoms with van der Waals surface area (Å²) >= 11 is 9.04. The molecule has 0 spiro atoms. The van der Waals surface area contributed by atoms with E-state index in [9.17, 15) is 25.2 Å². The minimum Gasteiger partial charge on any atom is -0.492 e. The highest BCUT2D eigenvalue weighted by Crippen LogP contribution is 2.40. The number of carboxylic acids is 1. The third-order valence-electron chi connectivity index (χ3n) is 8.33. The number of anilines is 1. The number of halogens is 1. The summed E-state index contributed by atoms with van der Waals surface area (Å²) < 4.78 is 5.90. The SMILES string of the molecule is CC(C)C[C@H](NC(=O)CCNCCOc1ccc(-c2c(C#N)c(SCc3csc(-c4ccc(Cl)cc4)n3)nc(N3CCCC3)c2C#N)cc1)C(=O)O. The van der Waals surface area contributed by atoms with Gasteiger partial charge in [-0.15, -0.1) is 11.3 Å². The quantitative estimate of drug-likeness (QED) is 0.0741. The number of nitrogens with zero attached hydrogens (tertiary/aromatic N) is 5. The molecule has 0 radical (unpaired) electrons. The molecule has 5 rings (SSSR count). The smallest absolute Gasteiger partial charge is 0.326 e. The number of hydrogen-bond acceptors (Lipinski definition) is 11. The molecule has 270 valence electrons. The number of rotatable bonds is 17. The molecule has 0 aliphatic carbocycles. The fraction of sp³-hybridized carbons (Fsp3) is 0.368. The fourth-order valence-corrected chi connectivity index (χ4v) is 7.73. The first-order chi connectivity index (χ1) is 25.2. The van der Waals surface area contributed by atoms with E-state index in [1.165, 1.54) is 11.8 Å². The first-order valence-corrected chi connectivity index (χ1v) is 19.3. The Kier molecular flexibility index (Phi) is 13.9. The lowest BCUT2D eigenvalue weighted by atomic mass is 9.96. The Hall–Kier alpha value is -4.66. The Bertz CT molecular complexity index is 1930. The van der Waals surface area contributed by atoms with Crippen molar-refractivity contribution >= 4 is 52.4 Å². The number of carbonyl (C=O) groups excluding carboxylic acids is 1. The fourth-order valence-electron chi connectivity index (χ4n) is 5.80. The Morgan fingerprint density at radius 3 is 2.37 bits per heavy atom. The van der Waals surface area contributed by atoms with E-state index >= 15 is 0 Å². The van der Waals surface area contributed by atoms with Gasteiger partial charge < -0.3 is 25.4 Å². The van der Waals surface area contributed by atoms with Crippen LogP contribution >= 0.6 is 34.7 Å². The van der Waals surface area contributed by atoms with E-state index in [1.807, 2.05) is 67.8 Å². The normalized spacial score (nSPS) is 13.1. The molecule has 1 aliphatic heterocycles. The van der Waals surface area contributed by atoms with Gasteiger partial charge in [0.15, 0.2) is 0 Å². The van der Waals surface area contributed by atoms with Gasteiger partial charge >= 0.3 is 5.97 Å². The summed E-state index contributed by atoms with van der Waals surface area (Å²) in [6.45, 7) is 6.60. The van der Waals surface area contributed by atoms with E-state index in [2.05, 4.69) is 27.7 Å². The van der Waals surface area contributed by atoms with Crippen molar-refractivity contribution in [1.29, 1.82) is 10.5 Å². The van der Waals surface area contributed by atoms with Crippen molar-refractivity contribution in [3.8, 4) is 39.6 Å². The average Bonchev–Trinajstić information content (AvgIpc) is 3.85. The number of hydrogen-bond donors (Lipinski definition) is 3. The molecule has 14 heteroatoms. The van der Waals surface area contributed by atoms with Crippen molar-refractivity contribution < 1.29 is 19.4 Å². The van der Waals surface area contributed by atoms with Crippen LogP contribution in [0, 0.1) is 28.6 Å². The van der Waals surface area contributed by atoms with Crippen molar-refractivity contribution in [2.24, 2.45) is 5.92 Å². The second-order valence-corrected chi connectivity index (χ2v) is 14.9. The number of pyridine rings is 1. The summed E-state index contributed by atoms with van der Waals surface area (Å²) in [7, 11) is 0. The molecule has 0 bridgehead atoms. The molecule has 3 heterocycles. The van der Waals surface area contributed by atoms with Gasteiger partial charge in [-0.3, -0.25) is 4.79 Å². The van der Waals surface area contributed by atoms with Gasteiger partial charge in [-0.05, 0) is 55.0 Å². The number of carboxylic acid groups (broad SMARTS) is 1. The second kappa shape index (κ2) is 18.7. The third kappa shape index (κ3) is 10.2. The maximum atomic E-state index is 12.2. The lowest BCUT2D eigenvalue weighted by Gasteiger charge is -2.22. The van der Waals surface area contributed by atoms with Gasteiger partial charge in [-0.25, -0.2) is 14.8 Å². The number of aromatic nitrogens is 2. The molecule has 52 heavy (non-hydrogen) atoms. The molecule has 0 unspecified atom stereocenters. The van der Waals surface area contributed by atoms with Crippen molar-refractivity contribution in [1.82, 2.24) is 20.6 Å². The van der Waals surface area contributed by atoms with Crippen LogP contribution < -0.4 is 20.3 Å². The topological polar surface area (TPSA) is 164 Å². The average molecular weight is 758 g/mol. The van der Waals surface area contributed by atoms with Gasteiger partial charge in [0.25, 0.3) is 0 Å². The largest absolute Gasteiger partial charge is 0.492 e. The van der Waals surface area contributed by atoms with Crippen molar-refractivity contribution in [2.45, 2.75) is 56.4 Å². The number of aliphatic carboxylic acids is 1. The van der Waals surface area contributed by atoms with Crippen LogP contribution in [-0.2, 0) is 15.3 Å². The number of carbonyl (C=O) groups is 2. The number of amides is 1. The minimum atomic E-state index is -1.03. The van der Waals surface area contributed by atoms with Crippen LogP contribution in [0.25, 0.3) is 21.7 Å². The summed E-state index contributed by atoms with van der Waals surface area (Å²) in [6, 6.07) is 18.7. The number of thiazole rings is 1. The molecule has 2 aromatic carbocycles. The van der Waals surface area contributed by atoms with Crippen LogP contribution in [0.3, 0.4) is 0 Å².